The molecule has 2 rings (SSSR count). The molecule has 0 aliphatic rings. The number of nitrogens with zero attached hydrogens (tertiary/aromatic N) is 2. The maximum absolute atomic E-state index is 12.5. The SMILES string of the molecule is COC(=O)c1cc(C(=O)N(C)Cc2cccs2)cc([N+](=O)[O-])c1. The van der Waals surface area contributed by atoms with Crippen LogP contribution in [0.25, 0.3) is 0 Å². The highest BCUT2D eigenvalue weighted by Crippen LogP contribution is 2.20. The number of nitro groups is 1. The van der Waals surface area contributed by atoms with E-state index in [-0.39, 0.29) is 16.8 Å². The summed E-state index contributed by atoms with van der Waals surface area (Å²) >= 11 is 1.51. The largest absolute Gasteiger partial charge is 0.465 e. The molecule has 0 saturated heterocycles. The molecule has 0 aliphatic heterocycles. The molecule has 0 bridgehead atoms. The highest BCUT2D eigenvalue weighted by atomic mass is 32.1. The van der Waals surface area contributed by atoms with Crippen LogP contribution < -0.4 is 0 Å². The molecule has 120 valence electrons. The van der Waals surface area contributed by atoms with Crippen molar-refractivity contribution in [3.05, 3.63) is 61.8 Å². The average Bonchev–Trinajstić information content (AvgIpc) is 3.05. The number of benzene rings is 1. The molecule has 23 heavy (non-hydrogen) atoms. The highest BCUT2D eigenvalue weighted by Gasteiger charge is 2.20. The Labute approximate surface area is 136 Å². The van der Waals surface area contributed by atoms with E-state index in [9.17, 15) is 19.7 Å². The van der Waals surface area contributed by atoms with E-state index in [1.165, 1.54) is 29.4 Å². The molecule has 2 aromatic rings. The van der Waals surface area contributed by atoms with Crippen LogP contribution in [0.15, 0.2) is 35.7 Å². The Morgan fingerprint density at radius 2 is 2.00 bits per heavy atom. The first-order valence-electron chi connectivity index (χ1n) is 6.58. The fraction of sp³-hybridized carbons (Fsp3) is 0.200. The van der Waals surface area contributed by atoms with Gasteiger partial charge >= 0.3 is 5.97 Å². The summed E-state index contributed by atoms with van der Waals surface area (Å²) in [5, 5.41) is 12.9. The van der Waals surface area contributed by atoms with Crippen LogP contribution in [0.1, 0.15) is 25.6 Å². The molecule has 0 spiro atoms. The number of nitro benzene ring substituents is 1. The lowest BCUT2D eigenvalue weighted by molar-refractivity contribution is -0.384. The van der Waals surface area contributed by atoms with Crippen molar-refractivity contribution in [2.45, 2.75) is 6.54 Å². The number of rotatable bonds is 5. The van der Waals surface area contributed by atoms with Gasteiger partial charge in [-0.2, -0.15) is 0 Å². The lowest BCUT2D eigenvalue weighted by Crippen LogP contribution is -2.26. The van der Waals surface area contributed by atoms with Crippen LogP contribution in [0.5, 0.6) is 0 Å². The number of carbonyl (C=O) groups is 2. The highest BCUT2D eigenvalue weighted by molar-refractivity contribution is 7.09. The van der Waals surface area contributed by atoms with Gasteiger partial charge < -0.3 is 9.64 Å². The Bertz CT molecular complexity index is 742. The van der Waals surface area contributed by atoms with Gasteiger partial charge in [0.1, 0.15) is 0 Å². The van der Waals surface area contributed by atoms with Gasteiger partial charge in [-0.25, -0.2) is 4.79 Å². The second-order valence-electron chi connectivity index (χ2n) is 4.76. The Morgan fingerprint density at radius 1 is 1.30 bits per heavy atom. The van der Waals surface area contributed by atoms with Crippen molar-refractivity contribution in [1.82, 2.24) is 4.90 Å². The Hall–Kier alpha value is -2.74. The van der Waals surface area contributed by atoms with E-state index in [0.29, 0.717) is 6.54 Å². The van der Waals surface area contributed by atoms with Gasteiger partial charge in [0.15, 0.2) is 0 Å². The van der Waals surface area contributed by atoms with E-state index in [1.54, 1.807) is 7.05 Å². The predicted octanol–water partition coefficient (Wildman–Crippen LogP) is 2.72. The summed E-state index contributed by atoms with van der Waals surface area (Å²) in [4.78, 5) is 36.9. The van der Waals surface area contributed by atoms with Crippen molar-refractivity contribution in [1.29, 1.82) is 0 Å². The number of amides is 1. The zero-order valence-electron chi connectivity index (χ0n) is 12.5. The van der Waals surface area contributed by atoms with Gasteiger partial charge in [-0.3, -0.25) is 14.9 Å². The molecule has 0 fully saturated rings. The third kappa shape index (κ3) is 3.92. The van der Waals surface area contributed by atoms with Crippen LogP contribution in [0, 0.1) is 10.1 Å². The first-order valence-corrected chi connectivity index (χ1v) is 7.46. The van der Waals surface area contributed by atoms with Crippen molar-refractivity contribution in [2.24, 2.45) is 0 Å². The molecule has 1 aromatic carbocycles. The van der Waals surface area contributed by atoms with Crippen LogP contribution in [0.4, 0.5) is 5.69 Å². The van der Waals surface area contributed by atoms with E-state index in [4.69, 9.17) is 0 Å². The first kappa shape index (κ1) is 16.6. The fourth-order valence-electron chi connectivity index (χ4n) is 2.00. The second-order valence-corrected chi connectivity index (χ2v) is 5.79. The molecule has 0 unspecified atom stereocenters. The van der Waals surface area contributed by atoms with Gasteiger partial charge in [0.25, 0.3) is 11.6 Å². The Kier molecular flexibility index (Phi) is 5.07. The first-order chi connectivity index (χ1) is 10.9. The summed E-state index contributed by atoms with van der Waals surface area (Å²) in [5.74, 6) is -1.14. The lowest BCUT2D eigenvalue weighted by atomic mass is 10.1. The molecule has 7 nitrogen and oxygen atoms in total. The average molecular weight is 334 g/mol. The van der Waals surface area contributed by atoms with Gasteiger partial charge in [-0.1, -0.05) is 6.07 Å². The fourth-order valence-corrected chi connectivity index (χ4v) is 2.76. The normalized spacial score (nSPS) is 10.2. The molecule has 0 saturated carbocycles. The van der Waals surface area contributed by atoms with Crippen molar-refractivity contribution < 1.29 is 19.2 Å². The van der Waals surface area contributed by atoms with Crippen LogP contribution in [-0.4, -0.2) is 35.9 Å². The van der Waals surface area contributed by atoms with E-state index < -0.39 is 16.8 Å². The number of ether oxygens (including phenoxy) is 1. The molecule has 0 atom stereocenters. The zero-order chi connectivity index (χ0) is 17.0. The minimum Gasteiger partial charge on any atom is -0.465 e. The summed E-state index contributed by atoms with van der Waals surface area (Å²) in [7, 11) is 2.77. The van der Waals surface area contributed by atoms with E-state index in [2.05, 4.69) is 4.74 Å². The van der Waals surface area contributed by atoms with Crippen LogP contribution >= 0.6 is 11.3 Å². The smallest absolute Gasteiger partial charge is 0.338 e. The molecule has 1 heterocycles. The maximum Gasteiger partial charge on any atom is 0.338 e. The minimum atomic E-state index is -0.733. The number of non-ortho nitro benzene ring substituents is 1. The lowest BCUT2D eigenvalue weighted by Gasteiger charge is -2.16. The van der Waals surface area contributed by atoms with Crippen molar-refractivity contribution >= 4 is 28.9 Å². The summed E-state index contributed by atoms with van der Waals surface area (Å²) in [5.41, 5.74) is -0.297. The number of carbonyl (C=O) groups excluding carboxylic acids is 2. The van der Waals surface area contributed by atoms with Gasteiger partial charge in [0.05, 0.1) is 24.1 Å². The predicted molar refractivity (Wildman–Crippen MR) is 84.6 cm³/mol. The maximum atomic E-state index is 12.5. The summed E-state index contributed by atoms with van der Waals surface area (Å²) in [6, 6.07) is 7.30. The molecule has 0 N–H and O–H groups in total. The number of esters is 1. The third-order valence-electron chi connectivity index (χ3n) is 3.12. The minimum absolute atomic E-state index is 0.0328. The number of hydrogen-bond acceptors (Lipinski definition) is 6. The van der Waals surface area contributed by atoms with Gasteiger partial charge in [-0.05, 0) is 17.5 Å². The quantitative estimate of drug-likeness (QED) is 0.476. The monoisotopic (exact) mass is 334 g/mol. The van der Waals surface area contributed by atoms with Gasteiger partial charge in [0, 0.05) is 29.6 Å². The van der Waals surface area contributed by atoms with E-state index in [0.717, 1.165) is 17.0 Å². The standard InChI is InChI=1S/C15H14N2O5S/c1-16(9-13-4-3-5-23-13)14(18)10-6-11(15(19)22-2)8-12(7-10)17(20)21/h3-8H,9H2,1-2H3. The Balaban J connectivity index is 2.32. The summed E-state index contributed by atoms with van der Waals surface area (Å²) in [6.45, 7) is 0.382. The van der Waals surface area contributed by atoms with Crippen molar-refractivity contribution in [2.75, 3.05) is 14.2 Å². The molecule has 1 amide bonds. The van der Waals surface area contributed by atoms with Crippen LogP contribution in [0.2, 0.25) is 0 Å². The van der Waals surface area contributed by atoms with Crippen LogP contribution in [0.3, 0.4) is 0 Å². The van der Waals surface area contributed by atoms with E-state index >= 15 is 0 Å². The summed E-state index contributed by atoms with van der Waals surface area (Å²) < 4.78 is 4.57. The van der Waals surface area contributed by atoms with Crippen molar-refractivity contribution in [3.63, 3.8) is 0 Å². The molecule has 0 radical (unpaired) electrons. The molecular weight excluding hydrogens is 320 g/mol. The molecule has 0 aliphatic carbocycles. The van der Waals surface area contributed by atoms with E-state index in [1.807, 2.05) is 17.5 Å². The topological polar surface area (TPSA) is 89.8 Å². The Morgan fingerprint density at radius 3 is 2.57 bits per heavy atom. The van der Waals surface area contributed by atoms with Crippen LogP contribution in [-0.2, 0) is 11.3 Å². The zero-order valence-corrected chi connectivity index (χ0v) is 13.3. The van der Waals surface area contributed by atoms with Gasteiger partial charge in [-0.15, -0.1) is 11.3 Å². The van der Waals surface area contributed by atoms with Crippen molar-refractivity contribution in [3.8, 4) is 0 Å². The molecule has 1 aromatic heterocycles. The number of hydrogen-bond donors (Lipinski definition) is 0. The third-order valence-corrected chi connectivity index (χ3v) is 3.98. The number of thiophene rings is 1. The summed E-state index contributed by atoms with van der Waals surface area (Å²) in [6.07, 6.45) is 0. The molecular formula is C15H14N2O5S. The van der Waals surface area contributed by atoms with Gasteiger partial charge in [0.2, 0.25) is 0 Å². The number of methoxy groups -OCH3 is 1. The molecule has 8 heteroatoms. The second kappa shape index (κ2) is 7.01.